The molecule has 1 atom stereocenters. The monoisotopic (exact) mass is 355 g/mol. The van der Waals surface area contributed by atoms with E-state index in [4.69, 9.17) is 14.6 Å². The molecule has 6 heteroatoms. The minimum atomic E-state index is -1.06. The second-order valence-electron chi connectivity index (χ2n) is 6.05. The highest BCUT2D eigenvalue weighted by atomic mass is 16.5. The smallest absolute Gasteiger partial charge is 0.307 e. The first kappa shape index (κ1) is 17.9. The molecule has 0 spiro atoms. The van der Waals surface area contributed by atoms with E-state index < -0.39 is 12.1 Å². The summed E-state index contributed by atoms with van der Waals surface area (Å²) in [5.41, 5.74) is 1.77. The summed E-state index contributed by atoms with van der Waals surface area (Å²) < 4.78 is 11.2. The fourth-order valence-corrected chi connectivity index (χ4v) is 2.88. The third kappa shape index (κ3) is 4.40. The number of carbonyl (C=O) groups is 2. The van der Waals surface area contributed by atoms with Crippen LogP contribution in [0.25, 0.3) is 0 Å². The zero-order valence-corrected chi connectivity index (χ0v) is 14.3. The fraction of sp³-hybridized carbons (Fsp3) is 0.300. The summed E-state index contributed by atoms with van der Waals surface area (Å²) in [6.45, 7) is 1.48. The van der Waals surface area contributed by atoms with Crippen LogP contribution in [0.4, 0.5) is 5.69 Å². The predicted molar refractivity (Wildman–Crippen MR) is 96.2 cm³/mol. The lowest BCUT2D eigenvalue weighted by atomic mass is 10.1. The van der Waals surface area contributed by atoms with E-state index in [0.717, 1.165) is 5.56 Å². The number of aliphatic carboxylic acids is 1. The molecule has 6 nitrogen and oxygen atoms in total. The number of fused-ring (bicyclic) bond motifs is 1. The predicted octanol–water partition coefficient (Wildman–Crippen LogP) is 2.86. The average molecular weight is 355 g/mol. The Bertz CT molecular complexity index is 762. The van der Waals surface area contributed by atoms with Crippen LogP contribution in [0, 0.1) is 0 Å². The van der Waals surface area contributed by atoms with Gasteiger partial charge < -0.3 is 19.5 Å². The van der Waals surface area contributed by atoms with Gasteiger partial charge in [-0.2, -0.15) is 0 Å². The van der Waals surface area contributed by atoms with Gasteiger partial charge >= 0.3 is 5.97 Å². The van der Waals surface area contributed by atoms with Gasteiger partial charge in [-0.25, -0.2) is 0 Å². The Kier molecular flexibility index (Phi) is 5.86. The molecule has 1 aliphatic heterocycles. The van der Waals surface area contributed by atoms with Crippen molar-refractivity contribution in [3.8, 4) is 5.75 Å². The van der Waals surface area contributed by atoms with E-state index in [-0.39, 0.29) is 12.3 Å². The number of amides is 1. The maximum atomic E-state index is 12.6. The van der Waals surface area contributed by atoms with Gasteiger partial charge in [-0.15, -0.1) is 0 Å². The van der Waals surface area contributed by atoms with E-state index in [9.17, 15) is 9.59 Å². The van der Waals surface area contributed by atoms with Crippen molar-refractivity contribution in [3.05, 3.63) is 60.2 Å². The molecular weight excluding hydrogens is 334 g/mol. The Morgan fingerprint density at radius 2 is 1.85 bits per heavy atom. The molecule has 0 unspecified atom stereocenters. The minimum Gasteiger partial charge on any atom is -0.481 e. The Morgan fingerprint density at radius 1 is 1.12 bits per heavy atom. The summed E-state index contributed by atoms with van der Waals surface area (Å²) >= 11 is 0. The second-order valence-corrected chi connectivity index (χ2v) is 6.05. The van der Waals surface area contributed by atoms with Gasteiger partial charge in [0.2, 0.25) is 0 Å². The lowest BCUT2D eigenvalue weighted by molar-refractivity contribution is -0.142. The molecule has 1 aliphatic rings. The molecular formula is C20H21NO5. The number of carboxylic acids is 1. The van der Waals surface area contributed by atoms with E-state index in [0.29, 0.717) is 37.6 Å². The molecule has 26 heavy (non-hydrogen) atoms. The van der Waals surface area contributed by atoms with Crippen LogP contribution in [0.1, 0.15) is 18.4 Å². The number of nitrogens with zero attached hydrogens (tertiary/aromatic N) is 1. The first-order valence-corrected chi connectivity index (χ1v) is 8.55. The molecule has 136 valence electrons. The number of rotatable bonds is 8. The quantitative estimate of drug-likeness (QED) is 0.737. The topological polar surface area (TPSA) is 76.1 Å². The highest BCUT2D eigenvalue weighted by molar-refractivity contribution is 6.01. The number of ether oxygens (including phenoxy) is 2. The van der Waals surface area contributed by atoms with Crippen molar-refractivity contribution in [1.29, 1.82) is 0 Å². The number of hydrogen-bond acceptors (Lipinski definition) is 4. The third-order valence-electron chi connectivity index (χ3n) is 4.11. The molecule has 1 amide bonds. The summed E-state index contributed by atoms with van der Waals surface area (Å²) in [7, 11) is 0. The van der Waals surface area contributed by atoms with Gasteiger partial charge in [-0.1, -0.05) is 42.5 Å². The molecule has 1 heterocycles. The van der Waals surface area contributed by atoms with Gasteiger partial charge in [0.05, 0.1) is 18.7 Å². The highest BCUT2D eigenvalue weighted by Crippen LogP contribution is 2.34. The fourth-order valence-electron chi connectivity index (χ4n) is 2.88. The third-order valence-corrected chi connectivity index (χ3v) is 4.11. The molecule has 0 fully saturated rings. The zero-order valence-electron chi connectivity index (χ0n) is 14.3. The van der Waals surface area contributed by atoms with Crippen LogP contribution in [0.2, 0.25) is 0 Å². The van der Waals surface area contributed by atoms with Crippen LogP contribution in [0.15, 0.2) is 54.6 Å². The number of benzene rings is 2. The largest absolute Gasteiger partial charge is 0.481 e. The maximum Gasteiger partial charge on any atom is 0.307 e. The van der Waals surface area contributed by atoms with Crippen LogP contribution in [0.3, 0.4) is 0 Å². The number of hydrogen-bond donors (Lipinski definition) is 1. The molecule has 1 N–H and O–H groups in total. The first-order valence-electron chi connectivity index (χ1n) is 8.55. The van der Waals surface area contributed by atoms with Crippen molar-refractivity contribution in [2.45, 2.75) is 25.6 Å². The molecule has 3 rings (SSSR count). The maximum absolute atomic E-state index is 12.6. The zero-order chi connectivity index (χ0) is 18.4. The van der Waals surface area contributed by atoms with E-state index in [2.05, 4.69) is 0 Å². The van der Waals surface area contributed by atoms with Crippen molar-refractivity contribution in [2.24, 2.45) is 0 Å². The summed E-state index contributed by atoms with van der Waals surface area (Å²) in [6.07, 6.45) is -0.700. The highest BCUT2D eigenvalue weighted by Gasteiger charge is 2.35. The van der Waals surface area contributed by atoms with Crippen LogP contribution in [-0.2, 0) is 20.9 Å². The Hall–Kier alpha value is -2.86. The minimum absolute atomic E-state index is 0.325. The molecule has 0 saturated heterocycles. The SMILES string of the molecule is O=C(O)C[C@@H]1Oc2ccccc2N(CCCOCc2ccccc2)C1=O. The second kappa shape index (κ2) is 8.49. The van der Waals surface area contributed by atoms with Gasteiger partial charge in [-0.3, -0.25) is 9.59 Å². The van der Waals surface area contributed by atoms with E-state index in [1.54, 1.807) is 23.1 Å². The van der Waals surface area contributed by atoms with Gasteiger partial charge in [0.1, 0.15) is 5.75 Å². The van der Waals surface area contributed by atoms with Crippen molar-refractivity contribution in [3.63, 3.8) is 0 Å². The molecule has 0 aliphatic carbocycles. The van der Waals surface area contributed by atoms with E-state index >= 15 is 0 Å². The van der Waals surface area contributed by atoms with Gasteiger partial charge in [0.25, 0.3) is 5.91 Å². The summed E-state index contributed by atoms with van der Waals surface area (Å²) in [5.74, 6) is -0.855. The number of para-hydroxylation sites is 2. The average Bonchev–Trinajstić information content (AvgIpc) is 2.64. The number of carboxylic acid groups (broad SMARTS) is 1. The van der Waals surface area contributed by atoms with Gasteiger partial charge in [-0.05, 0) is 24.1 Å². The number of anilines is 1. The molecule has 2 aromatic carbocycles. The van der Waals surface area contributed by atoms with Crippen molar-refractivity contribution in [2.75, 3.05) is 18.1 Å². The Balaban J connectivity index is 1.58. The van der Waals surface area contributed by atoms with E-state index in [1.807, 2.05) is 36.4 Å². The summed E-state index contributed by atoms with van der Waals surface area (Å²) in [6, 6.07) is 17.0. The van der Waals surface area contributed by atoms with Crippen LogP contribution in [-0.4, -0.2) is 36.2 Å². The van der Waals surface area contributed by atoms with Gasteiger partial charge in [0.15, 0.2) is 6.10 Å². The normalized spacial score (nSPS) is 16.1. The molecule has 0 aromatic heterocycles. The van der Waals surface area contributed by atoms with Crippen molar-refractivity contribution < 1.29 is 24.2 Å². The molecule has 2 aromatic rings. The number of carbonyl (C=O) groups excluding carboxylic acids is 1. The summed E-state index contributed by atoms with van der Waals surface area (Å²) in [5, 5.41) is 9.00. The lowest BCUT2D eigenvalue weighted by Gasteiger charge is -2.33. The standard InChI is InChI=1S/C20H21NO5/c22-19(23)13-18-20(24)21(16-9-4-5-10-17(16)26-18)11-6-12-25-14-15-7-2-1-3-8-15/h1-5,7-10,18H,6,11-14H2,(H,22,23)/t18-/m0/s1. The first-order chi connectivity index (χ1) is 12.6. The van der Waals surface area contributed by atoms with Crippen LogP contribution in [0.5, 0.6) is 5.75 Å². The van der Waals surface area contributed by atoms with Crippen LogP contribution < -0.4 is 9.64 Å². The Morgan fingerprint density at radius 3 is 2.62 bits per heavy atom. The molecule has 0 saturated carbocycles. The molecule has 0 radical (unpaired) electrons. The Labute approximate surface area is 152 Å². The van der Waals surface area contributed by atoms with Gasteiger partial charge in [0, 0.05) is 13.2 Å². The van der Waals surface area contributed by atoms with Crippen molar-refractivity contribution >= 4 is 17.6 Å². The molecule has 0 bridgehead atoms. The van der Waals surface area contributed by atoms with E-state index in [1.165, 1.54) is 0 Å². The van der Waals surface area contributed by atoms with Crippen LogP contribution >= 0.6 is 0 Å². The summed E-state index contributed by atoms with van der Waals surface area (Å²) in [4.78, 5) is 25.2. The lowest BCUT2D eigenvalue weighted by Crippen LogP contribution is -2.47. The van der Waals surface area contributed by atoms with Crippen molar-refractivity contribution in [1.82, 2.24) is 0 Å².